The van der Waals surface area contributed by atoms with Gasteiger partial charge in [-0.15, -0.1) is 0 Å². The number of ether oxygens (including phenoxy) is 1. The Labute approximate surface area is 94.9 Å². The number of hydrogen-bond donors (Lipinski definition) is 7. The van der Waals surface area contributed by atoms with Gasteiger partial charge in [-0.1, -0.05) is 0 Å². The van der Waals surface area contributed by atoms with Gasteiger partial charge in [0.25, 0.3) is 0 Å². The second-order valence-electron chi connectivity index (χ2n) is 3.47. The molecule has 102 valence electrons. The highest BCUT2D eigenvalue weighted by molar-refractivity contribution is 7.46. The van der Waals surface area contributed by atoms with E-state index in [4.69, 9.17) is 20.0 Å². The molecule has 5 atom stereocenters. The van der Waals surface area contributed by atoms with Crippen LogP contribution in [0.25, 0.3) is 0 Å². The van der Waals surface area contributed by atoms with E-state index in [-0.39, 0.29) is 0 Å². The summed E-state index contributed by atoms with van der Waals surface area (Å²) in [7, 11) is -5.26. The smallest absolute Gasteiger partial charge is 0.394 e. The van der Waals surface area contributed by atoms with Gasteiger partial charge >= 0.3 is 7.82 Å². The SMILES string of the molecule is O=P(O)(O)O[C@]1(O)[C@H](O)C(O)O[C@H](CO)[C@@H]1O. The molecule has 1 fully saturated rings. The van der Waals surface area contributed by atoms with Crippen molar-refractivity contribution in [3.05, 3.63) is 0 Å². The standard InChI is InChI=1S/C6H13O10P/c7-1-2-3(8)6(11,16-17(12,13)14)4(9)5(10)15-2/h2-5,7-11H,1H2,(H2,12,13,14)/t2-,3+,4-,5?,6+/m1/s1. The van der Waals surface area contributed by atoms with Crippen molar-refractivity contribution in [3.63, 3.8) is 0 Å². The van der Waals surface area contributed by atoms with Gasteiger partial charge in [0.2, 0.25) is 5.79 Å². The number of rotatable bonds is 3. The summed E-state index contributed by atoms with van der Waals surface area (Å²) in [5.74, 6) is -3.16. The predicted molar refractivity (Wildman–Crippen MR) is 48.1 cm³/mol. The van der Waals surface area contributed by atoms with Crippen LogP contribution < -0.4 is 0 Å². The van der Waals surface area contributed by atoms with Gasteiger partial charge in [0.1, 0.15) is 12.2 Å². The zero-order valence-corrected chi connectivity index (χ0v) is 9.21. The zero-order valence-electron chi connectivity index (χ0n) is 8.32. The summed E-state index contributed by atoms with van der Waals surface area (Å²) in [5, 5.41) is 46.3. The first-order chi connectivity index (χ1) is 7.62. The maximum absolute atomic E-state index is 10.6. The van der Waals surface area contributed by atoms with Crippen molar-refractivity contribution in [2.24, 2.45) is 0 Å². The van der Waals surface area contributed by atoms with Crippen LogP contribution in [-0.2, 0) is 13.8 Å². The van der Waals surface area contributed by atoms with E-state index in [0.29, 0.717) is 0 Å². The second kappa shape index (κ2) is 4.86. The number of phosphoric ester groups is 1. The topological polar surface area (TPSA) is 177 Å². The number of aliphatic hydroxyl groups excluding tert-OH is 4. The van der Waals surface area contributed by atoms with E-state index in [1.807, 2.05) is 0 Å². The number of phosphoric acid groups is 1. The average Bonchev–Trinajstić information content (AvgIpc) is 2.19. The highest BCUT2D eigenvalue weighted by atomic mass is 31.2. The van der Waals surface area contributed by atoms with Crippen LogP contribution in [0.4, 0.5) is 0 Å². The number of aliphatic hydroxyl groups is 5. The minimum atomic E-state index is -5.26. The van der Waals surface area contributed by atoms with Crippen molar-refractivity contribution in [2.75, 3.05) is 6.61 Å². The van der Waals surface area contributed by atoms with E-state index < -0.39 is 44.8 Å². The van der Waals surface area contributed by atoms with E-state index in [1.165, 1.54) is 0 Å². The van der Waals surface area contributed by atoms with Crippen LogP contribution in [-0.4, -0.2) is 72.3 Å². The molecule has 0 saturated carbocycles. The summed E-state index contributed by atoms with van der Waals surface area (Å²) < 4.78 is 18.9. The van der Waals surface area contributed by atoms with Crippen LogP contribution in [0.3, 0.4) is 0 Å². The van der Waals surface area contributed by atoms with Gasteiger partial charge in [0, 0.05) is 0 Å². The first kappa shape index (κ1) is 14.9. The maximum Gasteiger partial charge on any atom is 0.472 e. The summed E-state index contributed by atoms with van der Waals surface area (Å²) in [5.41, 5.74) is 0. The van der Waals surface area contributed by atoms with Gasteiger partial charge in [-0.3, -0.25) is 0 Å². The molecule has 0 aliphatic carbocycles. The van der Waals surface area contributed by atoms with Crippen molar-refractivity contribution in [3.8, 4) is 0 Å². The van der Waals surface area contributed by atoms with Gasteiger partial charge < -0.3 is 40.1 Å². The Hall–Kier alpha value is -0.130. The molecule has 0 aromatic heterocycles. The minimum Gasteiger partial charge on any atom is -0.394 e. The molecule has 1 saturated heterocycles. The molecule has 1 heterocycles. The summed E-state index contributed by atoms with van der Waals surface area (Å²) >= 11 is 0. The molecule has 1 aliphatic rings. The van der Waals surface area contributed by atoms with Crippen molar-refractivity contribution in [1.29, 1.82) is 0 Å². The van der Waals surface area contributed by atoms with Crippen LogP contribution in [0, 0.1) is 0 Å². The molecule has 0 amide bonds. The third-order valence-electron chi connectivity index (χ3n) is 2.23. The maximum atomic E-state index is 10.6. The molecule has 0 aromatic carbocycles. The Bertz CT molecular complexity index is 316. The lowest BCUT2D eigenvalue weighted by atomic mass is 9.95. The molecular weight excluding hydrogens is 263 g/mol. The van der Waals surface area contributed by atoms with Crippen molar-refractivity contribution in [2.45, 2.75) is 30.4 Å². The fraction of sp³-hybridized carbons (Fsp3) is 1.00. The van der Waals surface area contributed by atoms with Gasteiger partial charge in [-0.2, -0.15) is 0 Å². The molecule has 10 nitrogen and oxygen atoms in total. The Morgan fingerprint density at radius 1 is 1.24 bits per heavy atom. The van der Waals surface area contributed by atoms with Crippen molar-refractivity contribution >= 4 is 7.82 Å². The molecule has 0 spiro atoms. The first-order valence-corrected chi connectivity index (χ1v) is 5.94. The lowest BCUT2D eigenvalue weighted by Crippen LogP contribution is -2.67. The predicted octanol–water partition coefficient (Wildman–Crippen LogP) is -3.78. The summed E-state index contributed by atoms with van der Waals surface area (Å²) in [6.07, 6.45) is -8.16. The van der Waals surface area contributed by atoms with Crippen LogP contribution >= 0.6 is 7.82 Å². The van der Waals surface area contributed by atoms with Gasteiger partial charge in [0.05, 0.1) is 6.61 Å². The Balaban J connectivity index is 3.02. The second-order valence-corrected chi connectivity index (χ2v) is 4.63. The molecule has 1 aliphatic heterocycles. The van der Waals surface area contributed by atoms with Gasteiger partial charge in [-0.25, -0.2) is 9.09 Å². The highest BCUT2D eigenvalue weighted by Gasteiger charge is 2.58. The fourth-order valence-corrected chi connectivity index (χ4v) is 2.01. The first-order valence-electron chi connectivity index (χ1n) is 4.41. The molecule has 0 bridgehead atoms. The van der Waals surface area contributed by atoms with Crippen molar-refractivity contribution in [1.82, 2.24) is 0 Å². The van der Waals surface area contributed by atoms with Crippen LogP contribution in [0.5, 0.6) is 0 Å². The third kappa shape index (κ3) is 3.01. The summed E-state index contributed by atoms with van der Waals surface area (Å²) in [6.45, 7) is -0.877. The zero-order chi connectivity index (χ0) is 13.4. The van der Waals surface area contributed by atoms with Crippen LogP contribution in [0.2, 0.25) is 0 Å². The Kier molecular flexibility index (Phi) is 4.27. The molecular formula is C6H13O10P. The van der Waals surface area contributed by atoms with Crippen molar-refractivity contribution < 1.29 is 49.1 Å². The average molecular weight is 276 g/mol. The molecule has 1 rings (SSSR count). The van der Waals surface area contributed by atoms with E-state index in [9.17, 15) is 19.9 Å². The fourth-order valence-electron chi connectivity index (χ4n) is 1.41. The quantitative estimate of drug-likeness (QED) is 0.200. The third-order valence-corrected chi connectivity index (χ3v) is 2.76. The largest absolute Gasteiger partial charge is 0.472 e. The molecule has 11 heteroatoms. The minimum absolute atomic E-state index is 0.877. The Morgan fingerprint density at radius 2 is 1.76 bits per heavy atom. The molecule has 0 aromatic rings. The molecule has 17 heavy (non-hydrogen) atoms. The molecule has 1 unspecified atom stereocenters. The van der Waals surface area contributed by atoms with Crippen LogP contribution in [0.1, 0.15) is 0 Å². The summed E-state index contributed by atoms with van der Waals surface area (Å²) in [4.78, 5) is 17.1. The van der Waals surface area contributed by atoms with Gasteiger partial charge in [-0.05, 0) is 0 Å². The van der Waals surface area contributed by atoms with E-state index >= 15 is 0 Å². The highest BCUT2D eigenvalue weighted by Crippen LogP contribution is 2.45. The van der Waals surface area contributed by atoms with E-state index in [0.717, 1.165) is 0 Å². The lowest BCUT2D eigenvalue weighted by Gasteiger charge is -2.45. The normalized spacial score (nSPS) is 43.7. The van der Waals surface area contributed by atoms with E-state index in [2.05, 4.69) is 9.26 Å². The monoisotopic (exact) mass is 276 g/mol. The Morgan fingerprint density at radius 3 is 2.18 bits per heavy atom. The summed E-state index contributed by atoms with van der Waals surface area (Å²) in [6, 6.07) is 0. The molecule has 0 radical (unpaired) electrons. The van der Waals surface area contributed by atoms with E-state index in [1.54, 1.807) is 0 Å². The van der Waals surface area contributed by atoms with Crippen LogP contribution in [0.15, 0.2) is 0 Å². The van der Waals surface area contributed by atoms with Gasteiger partial charge in [0.15, 0.2) is 12.4 Å². The molecule has 7 N–H and O–H groups in total. The number of hydrogen-bond acceptors (Lipinski definition) is 8. The lowest BCUT2D eigenvalue weighted by molar-refractivity contribution is -0.374.